The molecule has 3 aromatic rings. The second kappa shape index (κ2) is 20.7. The van der Waals surface area contributed by atoms with E-state index in [1.807, 2.05) is 82.3 Å². The molecule has 290 valence electrons. The number of amides is 4. The summed E-state index contributed by atoms with van der Waals surface area (Å²) < 4.78 is 11.1. The standard InChI is InChI=1S/C42H54N4O8/c1-30(2)26-45(22-18-38(47)44(24-20-40(49)50)25-21-43-41(51)53-28-32-12-6-5-7-13-32)39(48)19-23-46(27-31(3)4)42(52)54-29-37-35-16-10-8-14-33(35)34-15-9-11-17-36(34)37/h5-17,30-31,37H,18-29H2,1-4H3,(H,43,51)(H,49,50). The van der Waals surface area contributed by atoms with Crippen molar-refractivity contribution < 1.29 is 38.6 Å². The van der Waals surface area contributed by atoms with Crippen LogP contribution in [0.1, 0.15) is 69.6 Å². The lowest BCUT2D eigenvalue weighted by Gasteiger charge is -2.29. The van der Waals surface area contributed by atoms with Crippen LogP contribution < -0.4 is 5.32 Å². The molecule has 4 rings (SSSR count). The fourth-order valence-electron chi connectivity index (χ4n) is 6.58. The summed E-state index contributed by atoms with van der Waals surface area (Å²) in [5, 5.41) is 11.9. The van der Waals surface area contributed by atoms with Crippen molar-refractivity contribution in [3.05, 3.63) is 95.6 Å². The quantitative estimate of drug-likeness (QED) is 0.136. The zero-order valence-corrected chi connectivity index (χ0v) is 31.9. The molecule has 0 heterocycles. The Morgan fingerprint density at radius 2 is 1.17 bits per heavy atom. The molecule has 1 aliphatic rings. The summed E-state index contributed by atoms with van der Waals surface area (Å²) in [5.41, 5.74) is 5.35. The van der Waals surface area contributed by atoms with Crippen LogP contribution in [0.5, 0.6) is 0 Å². The predicted octanol–water partition coefficient (Wildman–Crippen LogP) is 6.39. The Labute approximate surface area is 318 Å². The van der Waals surface area contributed by atoms with Crippen LogP contribution >= 0.6 is 0 Å². The predicted molar refractivity (Wildman–Crippen MR) is 206 cm³/mol. The molecule has 0 fully saturated rings. The van der Waals surface area contributed by atoms with Crippen LogP contribution in [0.2, 0.25) is 0 Å². The lowest BCUT2D eigenvalue weighted by Crippen LogP contribution is -2.43. The first kappa shape index (κ1) is 41.4. The van der Waals surface area contributed by atoms with Gasteiger partial charge in [0.05, 0.1) is 6.42 Å². The average Bonchev–Trinajstić information content (AvgIpc) is 3.47. The Kier molecular flexibility index (Phi) is 15.9. The maximum Gasteiger partial charge on any atom is 0.409 e. The van der Waals surface area contributed by atoms with Crippen molar-refractivity contribution in [2.24, 2.45) is 11.8 Å². The molecule has 0 saturated carbocycles. The summed E-state index contributed by atoms with van der Waals surface area (Å²) in [6.45, 7) is 9.44. The first-order valence-electron chi connectivity index (χ1n) is 18.7. The van der Waals surface area contributed by atoms with Crippen molar-refractivity contribution in [2.75, 3.05) is 52.4 Å². The monoisotopic (exact) mass is 742 g/mol. The van der Waals surface area contributed by atoms with E-state index in [0.717, 1.165) is 27.8 Å². The number of carbonyl (C=O) groups is 5. The summed E-state index contributed by atoms with van der Waals surface area (Å²) >= 11 is 0. The second-order valence-electron chi connectivity index (χ2n) is 14.4. The van der Waals surface area contributed by atoms with Gasteiger partial charge in [0.2, 0.25) is 11.8 Å². The van der Waals surface area contributed by atoms with Crippen LogP contribution in [0.25, 0.3) is 11.1 Å². The third-order valence-electron chi connectivity index (χ3n) is 9.12. The van der Waals surface area contributed by atoms with E-state index in [-0.39, 0.29) is 94.8 Å². The van der Waals surface area contributed by atoms with Crippen molar-refractivity contribution >= 4 is 30.0 Å². The molecule has 0 saturated heterocycles. The molecular weight excluding hydrogens is 688 g/mol. The number of aliphatic carboxylic acids is 1. The Balaban J connectivity index is 1.31. The molecule has 0 radical (unpaired) electrons. The highest BCUT2D eigenvalue weighted by molar-refractivity contribution is 5.81. The normalized spacial score (nSPS) is 11.8. The Hall–Kier alpha value is -5.39. The summed E-state index contributed by atoms with van der Waals surface area (Å²) in [4.78, 5) is 68.6. The molecule has 0 atom stereocenters. The van der Waals surface area contributed by atoms with Crippen LogP contribution in [0.3, 0.4) is 0 Å². The van der Waals surface area contributed by atoms with Gasteiger partial charge in [0, 0.05) is 64.6 Å². The van der Waals surface area contributed by atoms with E-state index in [1.54, 1.807) is 9.80 Å². The number of carboxylic acid groups (broad SMARTS) is 1. The smallest absolute Gasteiger partial charge is 0.409 e. The van der Waals surface area contributed by atoms with Crippen LogP contribution in [-0.4, -0.2) is 102 Å². The number of benzene rings is 3. The molecule has 4 amide bonds. The van der Waals surface area contributed by atoms with Gasteiger partial charge in [-0.05, 0) is 39.7 Å². The minimum absolute atomic E-state index is 0.0291. The van der Waals surface area contributed by atoms with Crippen molar-refractivity contribution in [1.29, 1.82) is 0 Å². The number of fused-ring (bicyclic) bond motifs is 3. The first-order chi connectivity index (χ1) is 25.9. The van der Waals surface area contributed by atoms with Gasteiger partial charge < -0.3 is 34.6 Å². The Morgan fingerprint density at radius 1 is 0.648 bits per heavy atom. The number of nitrogens with zero attached hydrogens (tertiary/aromatic N) is 3. The molecule has 0 bridgehead atoms. The number of hydrogen-bond donors (Lipinski definition) is 2. The molecule has 12 nitrogen and oxygen atoms in total. The van der Waals surface area contributed by atoms with Gasteiger partial charge in [-0.25, -0.2) is 9.59 Å². The van der Waals surface area contributed by atoms with Crippen molar-refractivity contribution in [2.45, 2.75) is 59.5 Å². The fourth-order valence-corrected chi connectivity index (χ4v) is 6.58. The maximum absolute atomic E-state index is 13.6. The van der Waals surface area contributed by atoms with E-state index in [4.69, 9.17) is 9.47 Å². The highest BCUT2D eigenvalue weighted by atomic mass is 16.6. The van der Waals surface area contributed by atoms with Crippen molar-refractivity contribution in [3.8, 4) is 11.1 Å². The van der Waals surface area contributed by atoms with Crippen molar-refractivity contribution in [3.63, 3.8) is 0 Å². The van der Waals surface area contributed by atoms with Gasteiger partial charge in [-0.3, -0.25) is 14.4 Å². The molecule has 2 N–H and O–H groups in total. The van der Waals surface area contributed by atoms with E-state index >= 15 is 0 Å². The summed E-state index contributed by atoms with van der Waals surface area (Å²) in [5.74, 6) is -1.41. The molecule has 0 aromatic heterocycles. The summed E-state index contributed by atoms with van der Waals surface area (Å²) in [6.07, 6.45) is -1.37. The number of hydrogen-bond acceptors (Lipinski definition) is 7. The maximum atomic E-state index is 13.6. The van der Waals surface area contributed by atoms with Gasteiger partial charge in [-0.15, -0.1) is 0 Å². The molecule has 0 aliphatic heterocycles. The number of alkyl carbamates (subject to hydrolysis) is 1. The summed E-state index contributed by atoms with van der Waals surface area (Å²) in [7, 11) is 0. The second-order valence-corrected chi connectivity index (χ2v) is 14.4. The first-order valence-corrected chi connectivity index (χ1v) is 18.7. The lowest BCUT2D eigenvalue weighted by molar-refractivity contribution is -0.138. The third-order valence-corrected chi connectivity index (χ3v) is 9.12. The molecule has 0 spiro atoms. The van der Waals surface area contributed by atoms with Crippen LogP contribution in [0.15, 0.2) is 78.9 Å². The Morgan fingerprint density at radius 3 is 1.76 bits per heavy atom. The topological polar surface area (TPSA) is 146 Å². The number of nitrogens with one attached hydrogen (secondary N) is 1. The molecule has 54 heavy (non-hydrogen) atoms. The molecule has 3 aromatic carbocycles. The van der Waals surface area contributed by atoms with Crippen LogP contribution in [-0.2, 0) is 30.5 Å². The molecule has 1 aliphatic carbocycles. The molecular formula is C42H54N4O8. The van der Waals surface area contributed by atoms with Gasteiger partial charge in [0.15, 0.2) is 0 Å². The fraction of sp³-hybridized carbons (Fsp3) is 0.452. The van der Waals surface area contributed by atoms with E-state index in [0.29, 0.717) is 13.1 Å². The van der Waals surface area contributed by atoms with Crippen molar-refractivity contribution in [1.82, 2.24) is 20.0 Å². The average molecular weight is 743 g/mol. The van der Waals surface area contributed by atoms with E-state index in [2.05, 4.69) is 29.6 Å². The lowest BCUT2D eigenvalue weighted by atomic mass is 9.98. The number of carboxylic acids is 1. The molecule has 0 unspecified atom stereocenters. The minimum Gasteiger partial charge on any atom is -0.481 e. The van der Waals surface area contributed by atoms with E-state index in [1.165, 1.54) is 4.90 Å². The van der Waals surface area contributed by atoms with Crippen LogP contribution in [0, 0.1) is 11.8 Å². The third kappa shape index (κ3) is 12.6. The van der Waals surface area contributed by atoms with Gasteiger partial charge in [0.25, 0.3) is 0 Å². The zero-order valence-electron chi connectivity index (χ0n) is 31.9. The largest absolute Gasteiger partial charge is 0.481 e. The van der Waals surface area contributed by atoms with Gasteiger partial charge >= 0.3 is 18.2 Å². The highest BCUT2D eigenvalue weighted by Gasteiger charge is 2.30. The molecule has 12 heteroatoms. The SMILES string of the molecule is CC(C)CN(CCC(=O)N(CCNC(=O)OCc1ccccc1)CCC(=O)O)C(=O)CCN(CC(C)C)C(=O)OCC1c2ccccc2-c2ccccc21. The van der Waals surface area contributed by atoms with E-state index < -0.39 is 18.2 Å². The summed E-state index contributed by atoms with van der Waals surface area (Å²) in [6, 6.07) is 25.5. The highest BCUT2D eigenvalue weighted by Crippen LogP contribution is 2.44. The number of carbonyl (C=O) groups excluding carboxylic acids is 4. The van der Waals surface area contributed by atoms with Gasteiger partial charge in [-0.2, -0.15) is 0 Å². The van der Waals surface area contributed by atoms with Gasteiger partial charge in [0.1, 0.15) is 13.2 Å². The zero-order chi connectivity index (χ0) is 39.0. The van der Waals surface area contributed by atoms with Crippen LogP contribution in [0.4, 0.5) is 9.59 Å². The van der Waals surface area contributed by atoms with E-state index in [9.17, 15) is 29.1 Å². The van der Waals surface area contributed by atoms with Gasteiger partial charge in [-0.1, -0.05) is 107 Å². The minimum atomic E-state index is -1.05. The number of ether oxygens (including phenoxy) is 2. The number of rotatable bonds is 20. The Bertz CT molecular complexity index is 1670.